The van der Waals surface area contributed by atoms with Gasteiger partial charge in [0.15, 0.2) is 11.7 Å². The van der Waals surface area contributed by atoms with Gasteiger partial charge in [-0.25, -0.2) is 0 Å². The van der Waals surface area contributed by atoms with Crippen molar-refractivity contribution in [2.45, 2.75) is 40.0 Å². The van der Waals surface area contributed by atoms with Gasteiger partial charge in [-0.3, -0.25) is 9.59 Å². The number of nitrogens with one attached hydrogen (secondary N) is 1. The summed E-state index contributed by atoms with van der Waals surface area (Å²) >= 11 is 0. The Bertz CT molecular complexity index is 781. The SMILES string of the molecule is CCc1ccc(NC(=O)[C@@H](C#N)C(=O)CCc2c(C)noc2C)cc1. The smallest absolute Gasteiger partial charge is 0.249 e. The van der Waals surface area contributed by atoms with Crippen molar-refractivity contribution in [2.24, 2.45) is 5.92 Å². The number of hydrogen-bond acceptors (Lipinski definition) is 5. The normalized spacial score (nSPS) is 11.6. The monoisotopic (exact) mass is 339 g/mol. The molecular weight excluding hydrogens is 318 g/mol. The molecule has 1 amide bonds. The van der Waals surface area contributed by atoms with Gasteiger partial charge in [-0.2, -0.15) is 5.26 Å². The van der Waals surface area contributed by atoms with Gasteiger partial charge >= 0.3 is 0 Å². The Morgan fingerprint density at radius 3 is 2.48 bits per heavy atom. The number of Topliss-reactive ketones (excluding diaryl/α,β-unsaturated/α-hetero) is 1. The van der Waals surface area contributed by atoms with Crippen LogP contribution in [0.15, 0.2) is 28.8 Å². The molecule has 2 rings (SSSR count). The largest absolute Gasteiger partial charge is 0.361 e. The number of nitriles is 1. The lowest BCUT2D eigenvalue weighted by molar-refractivity contribution is -0.128. The Balaban J connectivity index is 1.98. The van der Waals surface area contributed by atoms with E-state index in [4.69, 9.17) is 4.52 Å². The number of ketones is 1. The van der Waals surface area contributed by atoms with Gasteiger partial charge in [-0.1, -0.05) is 24.2 Å². The number of anilines is 1. The van der Waals surface area contributed by atoms with E-state index >= 15 is 0 Å². The molecule has 0 bridgehead atoms. The first-order chi connectivity index (χ1) is 12.0. The maximum atomic E-state index is 12.3. The third-order valence-corrected chi connectivity index (χ3v) is 4.15. The van der Waals surface area contributed by atoms with Crippen molar-refractivity contribution in [1.29, 1.82) is 5.26 Å². The molecule has 0 radical (unpaired) electrons. The number of aromatic nitrogens is 1. The van der Waals surface area contributed by atoms with Crippen LogP contribution in [-0.2, 0) is 22.4 Å². The molecule has 130 valence electrons. The second-order valence-corrected chi connectivity index (χ2v) is 5.87. The number of rotatable bonds is 7. The quantitative estimate of drug-likeness (QED) is 0.782. The molecule has 6 nitrogen and oxygen atoms in total. The molecule has 0 aliphatic carbocycles. The summed E-state index contributed by atoms with van der Waals surface area (Å²) < 4.78 is 5.05. The summed E-state index contributed by atoms with van der Waals surface area (Å²) in [6.07, 6.45) is 1.38. The van der Waals surface area contributed by atoms with E-state index in [1.165, 1.54) is 0 Å². The lowest BCUT2D eigenvalue weighted by Crippen LogP contribution is -2.28. The van der Waals surface area contributed by atoms with Crippen LogP contribution in [0.3, 0.4) is 0 Å². The maximum absolute atomic E-state index is 12.3. The number of hydrogen-bond donors (Lipinski definition) is 1. The van der Waals surface area contributed by atoms with E-state index in [0.717, 1.165) is 23.2 Å². The first-order valence-electron chi connectivity index (χ1n) is 8.20. The van der Waals surface area contributed by atoms with Crippen molar-refractivity contribution in [3.63, 3.8) is 0 Å². The van der Waals surface area contributed by atoms with Crippen molar-refractivity contribution in [1.82, 2.24) is 5.16 Å². The summed E-state index contributed by atoms with van der Waals surface area (Å²) in [7, 11) is 0. The van der Waals surface area contributed by atoms with Gasteiger partial charge in [0.2, 0.25) is 5.91 Å². The molecule has 1 aromatic heterocycles. The van der Waals surface area contributed by atoms with E-state index < -0.39 is 17.6 Å². The summed E-state index contributed by atoms with van der Waals surface area (Å²) in [5, 5.41) is 15.7. The zero-order chi connectivity index (χ0) is 18.4. The Labute approximate surface area is 146 Å². The number of nitrogens with zero attached hydrogens (tertiary/aromatic N) is 2. The van der Waals surface area contributed by atoms with Gasteiger partial charge in [-0.15, -0.1) is 0 Å². The lowest BCUT2D eigenvalue weighted by atomic mass is 9.97. The predicted molar refractivity (Wildman–Crippen MR) is 92.9 cm³/mol. The summed E-state index contributed by atoms with van der Waals surface area (Å²) in [6, 6.07) is 9.13. The Kier molecular flexibility index (Phi) is 6.07. The third kappa shape index (κ3) is 4.54. The van der Waals surface area contributed by atoms with Crippen molar-refractivity contribution < 1.29 is 14.1 Å². The minimum absolute atomic E-state index is 0.0866. The fourth-order valence-corrected chi connectivity index (χ4v) is 2.57. The Morgan fingerprint density at radius 1 is 1.28 bits per heavy atom. The van der Waals surface area contributed by atoms with Gasteiger partial charge in [0, 0.05) is 17.7 Å². The molecule has 0 saturated heterocycles. The fourth-order valence-electron chi connectivity index (χ4n) is 2.57. The van der Waals surface area contributed by atoms with Crippen LogP contribution >= 0.6 is 0 Å². The molecule has 1 aromatic carbocycles. The highest BCUT2D eigenvalue weighted by molar-refractivity contribution is 6.09. The minimum Gasteiger partial charge on any atom is -0.361 e. The average Bonchev–Trinajstić information content (AvgIpc) is 2.92. The van der Waals surface area contributed by atoms with Crippen LogP contribution in [0.2, 0.25) is 0 Å². The van der Waals surface area contributed by atoms with Crippen LogP contribution in [0.25, 0.3) is 0 Å². The van der Waals surface area contributed by atoms with E-state index in [9.17, 15) is 14.9 Å². The number of benzene rings is 1. The summed E-state index contributed by atoms with van der Waals surface area (Å²) in [5.74, 6) is -1.69. The highest BCUT2D eigenvalue weighted by atomic mass is 16.5. The molecule has 0 unspecified atom stereocenters. The highest BCUT2D eigenvalue weighted by Gasteiger charge is 2.26. The highest BCUT2D eigenvalue weighted by Crippen LogP contribution is 2.17. The van der Waals surface area contributed by atoms with Gasteiger partial charge in [0.05, 0.1) is 11.8 Å². The van der Waals surface area contributed by atoms with Crippen molar-refractivity contribution in [3.05, 3.63) is 46.8 Å². The third-order valence-electron chi connectivity index (χ3n) is 4.15. The number of carbonyl (C=O) groups is 2. The van der Waals surface area contributed by atoms with Crippen LogP contribution in [0.1, 0.15) is 35.9 Å². The summed E-state index contributed by atoms with van der Waals surface area (Å²) in [6.45, 7) is 5.61. The zero-order valence-electron chi connectivity index (χ0n) is 14.6. The maximum Gasteiger partial charge on any atom is 0.249 e. The van der Waals surface area contributed by atoms with Crippen LogP contribution in [0.4, 0.5) is 5.69 Å². The zero-order valence-corrected chi connectivity index (χ0v) is 14.6. The fraction of sp³-hybridized carbons (Fsp3) is 0.368. The average molecular weight is 339 g/mol. The number of aryl methyl sites for hydroxylation is 3. The standard InChI is InChI=1S/C19H21N3O3/c1-4-14-5-7-15(8-6-14)21-19(24)17(11-20)18(23)10-9-16-12(2)22-25-13(16)3/h5-8,17H,4,9-10H2,1-3H3,(H,21,24)/t17-/m0/s1. The van der Waals surface area contributed by atoms with Gasteiger partial charge < -0.3 is 9.84 Å². The van der Waals surface area contributed by atoms with Gasteiger partial charge in [-0.05, 0) is 44.4 Å². The molecule has 2 aromatic rings. The summed E-state index contributed by atoms with van der Waals surface area (Å²) in [4.78, 5) is 24.5. The molecule has 1 heterocycles. The van der Waals surface area contributed by atoms with Gasteiger partial charge in [0.1, 0.15) is 5.76 Å². The molecular formula is C19H21N3O3. The van der Waals surface area contributed by atoms with Crippen LogP contribution < -0.4 is 5.32 Å². The summed E-state index contributed by atoms with van der Waals surface area (Å²) in [5.41, 5.74) is 3.28. The minimum atomic E-state index is -1.33. The van der Waals surface area contributed by atoms with Crippen molar-refractivity contribution in [2.75, 3.05) is 5.32 Å². The molecule has 0 fully saturated rings. The second-order valence-electron chi connectivity index (χ2n) is 5.87. The molecule has 0 saturated carbocycles. The number of carbonyl (C=O) groups excluding carboxylic acids is 2. The van der Waals surface area contributed by atoms with E-state index in [0.29, 0.717) is 17.9 Å². The molecule has 0 spiro atoms. The van der Waals surface area contributed by atoms with Crippen LogP contribution in [-0.4, -0.2) is 16.8 Å². The molecule has 25 heavy (non-hydrogen) atoms. The van der Waals surface area contributed by atoms with E-state index in [1.54, 1.807) is 32.0 Å². The van der Waals surface area contributed by atoms with Crippen molar-refractivity contribution in [3.8, 4) is 6.07 Å². The first-order valence-corrected chi connectivity index (χ1v) is 8.20. The molecule has 1 N–H and O–H groups in total. The molecule has 6 heteroatoms. The first kappa shape index (κ1) is 18.4. The molecule has 0 aliphatic rings. The number of amides is 1. The second kappa shape index (κ2) is 8.25. The van der Waals surface area contributed by atoms with E-state index in [1.807, 2.05) is 19.1 Å². The topological polar surface area (TPSA) is 96.0 Å². The lowest BCUT2D eigenvalue weighted by Gasteiger charge is -2.10. The Hall–Kier alpha value is -2.94. The van der Waals surface area contributed by atoms with Crippen LogP contribution in [0.5, 0.6) is 0 Å². The van der Waals surface area contributed by atoms with E-state index in [-0.39, 0.29) is 6.42 Å². The van der Waals surface area contributed by atoms with Crippen molar-refractivity contribution >= 4 is 17.4 Å². The Morgan fingerprint density at radius 2 is 1.96 bits per heavy atom. The van der Waals surface area contributed by atoms with Gasteiger partial charge in [0.25, 0.3) is 0 Å². The molecule has 0 aliphatic heterocycles. The molecule has 1 atom stereocenters. The van der Waals surface area contributed by atoms with Crippen LogP contribution in [0, 0.1) is 31.1 Å². The predicted octanol–water partition coefficient (Wildman–Crippen LogP) is 3.13. The van der Waals surface area contributed by atoms with E-state index in [2.05, 4.69) is 10.5 Å².